The summed E-state index contributed by atoms with van der Waals surface area (Å²) in [6.45, 7) is 7.33. The number of amides is 2. The van der Waals surface area contributed by atoms with Gasteiger partial charge in [-0.05, 0) is 20.3 Å². The lowest BCUT2D eigenvalue weighted by Crippen LogP contribution is -2.64. The van der Waals surface area contributed by atoms with Gasteiger partial charge in [-0.2, -0.15) is 0 Å². The zero-order valence-corrected chi connectivity index (χ0v) is 12.1. The van der Waals surface area contributed by atoms with E-state index in [2.05, 4.69) is 0 Å². The predicted octanol–water partition coefficient (Wildman–Crippen LogP) is 0.617. The second-order valence-electron chi connectivity index (χ2n) is 6.21. The molecule has 5 nitrogen and oxygen atoms in total. The largest absolute Gasteiger partial charge is 0.386 e. The molecule has 0 spiro atoms. The molecule has 108 valence electrons. The summed E-state index contributed by atoms with van der Waals surface area (Å²) in [4.78, 5) is 27.5. The summed E-state index contributed by atoms with van der Waals surface area (Å²) in [7, 11) is 0. The van der Waals surface area contributed by atoms with Crippen LogP contribution < -0.4 is 0 Å². The van der Waals surface area contributed by atoms with E-state index >= 15 is 0 Å². The van der Waals surface area contributed by atoms with Gasteiger partial charge >= 0.3 is 0 Å². The van der Waals surface area contributed by atoms with Gasteiger partial charge in [0.15, 0.2) is 0 Å². The molecule has 19 heavy (non-hydrogen) atoms. The standard InChI is InChI=1S/C14H24N2O3/c1-4-5-14(19)8-15(9-14)13(18)11-6-12(17)16(7-11)10(2)3/h10-11,19H,4-9H2,1-3H3. The molecular formula is C14H24N2O3. The molecular weight excluding hydrogens is 244 g/mol. The van der Waals surface area contributed by atoms with Crippen molar-refractivity contribution in [1.29, 1.82) is 0 Å². The molecule has 0 radical (unpaired) electrons. The number of β-amino-alcohol motifs (C(OH)–C–C–N with tert-alkyl or cyclic N) is 1. The average molecular weight is 268 g/mol. The van der Waals surface area contributed by atoms with Crippen molar-refractivity contribution in [1.82, 2.24) is 9.80 Å². The average Bonchev–Trinajstić information content (AvgIpc) is 2.67. The van der Waals surface area contributed by atoms with E-state index in [1.165, 1.54) is 0 Å². The molecule has 2 fully saturated rings. The highest BCUT2D eigenvalue weighted by Crippen LogP contribution is 2.30. The monoisotopic (exact) mass is 268 g/mol. The predicted molar refractivity (Wildman–Crippen MR) is 71.4 cm³/mol. The van der Waals surface area contributed by atoms with Crippen LogP contribution in [0.15, 0.2) is 0 Å². The molecule has 0 aromatic carbocycles. The zero-order chi connectivity index (χ0) is 14.2. The van der Waals surface area contributed by atoms with Gasteiger partial charge in [-0.25, -0.2) is 0 Å². The van der Waals surface area contributed by atoms with Crippen LogP contribution in [0.25, 0.3) is 0 Å². The third-order valence-electron chi connectivity index (χ3n) is 4.13. The van der Waals surface area contributed by atoms with Gasteiger partial charge in [-0.1, -0.05) is 13.3 Å². The third-order valence-corrected chi connectivity index (χ3v) is 4.13. The topological polar surface area (TPSA) is 60.9 Å². The van der Waals surface area contributed by atoms with Crippen molar-refractivity contribution in [2.75, 3.05) is 19.6 Å². The molecule has 0 aliphatic carbocycles. The fraction of sp³-hybridized carbons (Fsp3) is 0.857. The highest BCUT2D eigenvalue weighted by molar-refractivity contribution is 5.89. The number of hydrogen-bond acceptors (Lipinski definition) is 3. The second kappa shape index (κ2) is 5.12. The molecule has 2 saturated heterocycles. The maximum atomic E-state index is 12.3. The Morgan fingerprint density at radius 3 is 2.58 bits per heavy atom. The smallest absolute Gasteiger partial charge is 0.228 e. The lowest BCUT2D eigenvalue weighted by atomic mass is 9.88. The number of carbonyl (C=O) groups is 2. The molecule has 0 bridgehead atoms. The van der Waals surface area contributed by atoms with Crippen LogP contribution in [0, 0.1) is 5.92 Å². The first kappa shape index (κ1) is 14.3. The van der Waals surface area contributed by atoms with Crippen LogP contribution in [-0.4, -0.2) is 58.0 Å². The molecule has 2 rings (SSSR count). The van der Waals surface area contributed by atoms with Gasteiger partial charge in [0.25, 0.3) is 0 Å². The Labute approximate surface area is 114 Å². The summed E-state index contributed by atoms with van der Waals surface area (Å²) < 4.78 is 0. The number of carbonyl (C=O) groups excluding carboxylic acids is 2. The highest BCUT2D eigenvalue weighted by Gasteiger charge is 2.46. The summed E-state index contributed by atoms with van der Waals surface area (Å²) in [6.07, 6.45) is 1.97. The Morgan fingerprint density at radius 2 is 2.11 bits per heavy atom. The van der Waals surface area contributed by atoms with Crippen molar-refractivity contribution in [3.63, 3.8) is 0 Å². The van der Waals surface area contributed by atoms with Crippen LogP contribution in [0.4, 0.5) is 0 Å². The Balaban J connectivity index is 1.88. The summed E-state index contributed by atoms with van der Waals surface area (Å²) >= 11 is 0. The van der Waals surface area contributed by atoms with Crippen molar-refractivity contribution in [2.45, 2.75) is 51.7 Å². The van der Waals surface area contributed by atoms with Crippen LogP contribution in [0.5, 0.6) is 0 Å². The Hall–Kier alpha value is -1.10. The normalized spacial score (nSPS) is 25.9. The first-order valence-corrected chi connectivity index (χ1v) is 7.17. The highest BCUT2D eigenvalue weighted by atomic mass is 16.3. The minimum absolute atomic E-state index is 0.0253. The molecule has 2 heterocycles. The minimum Gasteiger partial charge on any atom is -0.386 e. The summed E-state index contributed by atoms with van der Waals surface area (Å²) in [6, 6.07) is 0.152. The zero-order valence-electron chi connectivity index (χ0n) is 12.1. The quantitative estimate of drug-likeness (QED) is 0.813. The van der Waals surface area contributed by atoms with Gasteiger partial charge in [0.2, 0.25) is 11.8 Å². The van der Waals surface area contributed by atoms with Crippen molar-refractivity contribution < 1.29 is 14.7 Å². The van der Waals surface area contributed by atoms with Crippen molar-refractivity contribution >= 4 is 11.8 Å². The molecule has 1 atom stereocenters. The van der Waals surface area contributed by atoms with E-state index in [0.29, 0.717) is 26.1 Å². The van der Waals surface area contributed by atoms with E-state index in [-0.39, 0.29) is 23.8 Å². The van der Waals surface area contributed by atoms with Gasteiger partial charge in [-0.3, -0.25) is 9.59 Å². The molecule has 2 amide bonds. The van der Waals surface area contributed by atoms with Crippen LogP contribution in [0.3, 0.4) is 0 Å². The molecule has 2 aliphatic rings. The Kier molecular flexibility index (Phi) is 3.85. The van der Waals surface area contributed by atoms with Crippen LogP contribution in [0.2, 0.25) is 0 Å². The van der Waals surface area contributed by atoms with E-state index in [9.17, 15) is 14.7 Å². The van der Waals surface area contributed by atoms with E-state index < -0.39 is 5.60 Å². The number of hydrogen-bond donors (Lipinski definition) is 1. The maximum Gasteiger partial charge on any atom is 0.228 e. The molecule has 1 N–H and O–H groups in total. The number of aliphatic hydroxyl groups is 1. The van der Waals surface area contributed by atoms with Crippen molar-refractivity contribution in [3.8, 4) is 0 Å². The SMILES string of the molecule is CCCC1(O)CN(C(=O)C2CC(=O)N(C(C)C)C2)C1. The summed E-state index contributed by atoms with van der Waals surface area (Å²) in [5.74, 6) is -0.129. The molecule has 5 heteroatoms. The molecule has 2 aliphatic heterocycles. The van der Waals surface area contributed by atoms with Crippen molar-refractivity contribution in [3.05, 3.63) is 0 Å². The number of nitrogens with zero attached hydrogens (tertiary/aromatic N) is 2. The number of likely N-dealkylation sites (tertiary alicyclic amines) is 2. The van der Waals surface area contributed by atoms with E-state index in [4.69, 9.17) is 0 Å². The van der Waals surface area contributed by atoms with E-state index in [1.54, 1.807) is 9.80 Å². The summed E-state index contributed by atoms with van der Waals surface area (Å²) in [5.41, 5.74) is -0.690. The fourth-order valence-electron chi connectivity index (χ4n) is 3.10. The first-order chi connectivity index (χ1) is 8.86. The fourth-order valence-corrected chi connectivity index (χ4v) is 3.10. The Morgan fingerprint density at radius 1 is 1.47 bits per heavy atom. The maximum absolute atomic E-state index is 12.3. The molecule has 1 unspecified atom stereocenters. The number of rotatable bonds is 4. The van der Waals surface area contributed by atoms with E-state index in [0.717, 1.165) is 12.8 Å². The van der Waals surface area contributed by atoms with Crippen LogP contribution >= 0.6 is 0 Å². The lowest BCUT2D eigenvalue weighted by molar-refractivity contribution is -0.160. The molecule has 0 saturated carbocycles. The van der Waals surface area contributed by atoms with Gasteiger partial charge in [0.05, 0.1) is 24.6 Å². The summed E-state index contributed by atoms with van der Waals surface area (Å²) in [5, 5.41) is 10.1. The van der Waals surface area contributed by atoms with E-state index in [1.807, 2.05) is 20.8 Å². The van der Waals surface area contributed by atoms with Crippen LogP contribution in [-0.2, 0) is 9.59 Å². The Bertz CT molecular complexity index is 375. The third kappa shape index (κ3) is 2.76. The van der Waals surface area contributed by atoms with Gasteiger partial charge in [0, 0.05) is 19.0 Å². The first-order valence-electron chi connectivity index (χ1n) is 7.17. The van der Waals surface area contributed by atoms with Gasteiger partial charge < -0.3 is 14.9 Å². The molecule has 0 aromatic rings. The van der Waals surface area contributed by atoms with Gasteiger partial charge in [-0.15, -0.1) is 0 Å². The molecule has 0 aromatic heterocycles. The minimum atomic E-state index is -0.690. The second-order valence-corrected chi connectivity index (χ2v) is 6.21. The van der Waals surface area contributed by atoms with Gasteiger partial charge in [0.1, 0.15) is 0 Å². The lowest BCUT2D eigenvalue weighted by Gasteiger charge is -2.47. The van der Waals surface area contributed by atoms with Crippen molar-refractivity contribution in [2.24, 2.45) is 5.92 Å². The van der Waals surface area contributed by atoms with Crippen LogP contribution in [0.1, 0.15) is 40.0 Å².